The molecule has 0 radical (unpaired) electrons. The van der Waals surface area contributed by atoms with Gasteiger partial charge in [0.25, 0.3) is 11.1 Å². The van der Waals surface area contributed by atoms with E-state index >= 15 is 4.57 Å². The molecular formula is C39H58N12O12P2Si. The van der Waals surface area contributed by atoms with Crippen molar-refractivity contribution in [2.24, 2.45) is 23.5 Å². The van der Waals surface area contributed by atoms with Crippen LogP contribution in [0.5, 0.6) is 0 Å². The third-order valence-corrected chi connectivity index (χ3v) is 18.4. The van der Waals surface area contributed by atoms with Crippen molar-refractivity contribution in [2.45, 2.75) is 129 Å². The number of carbonyl (C=O) groups excluding carboxylic acids is 2. The van der Waals surface area contributed by atoms with Crippen LogP contribution in [0, 0.1) is 29.1 Å². The average Bonchev–Trinajstić information content (AvgIpc) is 4.00. The number of nitrogens with two attached hydrogens (primary N) is 1. The lowest BCUT2D eigenvalue weighted by atomic mass is 10.0. The van der Waals surface area contributed by atoms with Crippen LogP contribution in [0.25, 0.3) is 22.3 Å². The number of aromatic amines is 2. The molecule has 4 aromatic heterocycles. The summed E-state index contributed by atoms with van der Waals surface area (Å²) in [6, 6.07) is 0.113. The second-order valence-electron chi connectivity index (χ2n) is 18.5. The minimum atomic E-state index is -4.53. The van der Waals surface area contributed by atoms with Gasteiger partial charge in [-0.05, 0) is 18.1 Å². The first kappa shape index (κ1) is 51.0. The van der Waals surface area contributed by atoms with Crippen LogP contribution >= 0.6 is 16.4 Å². The Morgan fingerprint density at radius 3 is 2.21 bits per heavy atom. The van der Waals surface area contributed by atoms with Crippen molar-refractivity contribution in [3.05, 3.63) is 39.2 Å². The molecule has 66 heavy (non-hydrogen) atoms. The van der Waals surface area contributed by atoms with Crippen molar-refractivity contribution in [1.82, 2.24) is 44.1 Å². The minimum absolute atomic E-state index is 0.0281. The molecule has 6 rings (SSSR count). The molecule has 1 amide bonds. The molecule has 0 spiro atoms. The number of anilines is 1. The molecule has 2 saturated heterocycles. The van der Waals surface area contributed by atoms with Gasteiger partial charge in [-0.15, -0.1) is 0 Å². The van der Waals surface area contributed by atoms with Gasteiger partial charge in [-0.2, -0.15) is 10.2 Å². The minimum Gasteiger partial charge on any atom is -0.408 e. The summed E-state index contributed by atoms with van der Waals surface area (Å²) in [6.45, 7) is 17.7. The lowest BCUT2D eigenvalue weighted by Gasteiger charge is -2.41. The second kappa shape index (κ2) is 20.4. The summed E-state index contributed by atoms with van der Waals surface area (Å²) in [4.78, 5) is 74.2. The molecule has 2 fully saturated rings. The standard InChI is InChI=1S/C39H58N12O12P2Si/c1-19(2)22(52)14-25-44-31-28(34(54)45-25)42-17-50(31)36-21(5)26(41)23(61-36)16-60-65(57,59-13-11-12-40)49-27-24(15-58-64-56)62-37(30(27)63-66(9,10)39(6,7)8)51-18-43-29-32(51)46-38(48-35(29)55)47-33(53)20(3)4/h17-21,23-24,26-27,30,36-37H,11,13-16,41H2,1-10H3,(H,49,57)(H,44,45,54)(H2,46,47,48,53,55)/t21-,23-,24-,26+,27-,30-,36-,37-,65?/m1/s1. The summed E-state index contributed by atoms with van der Waals surface area (Å²) in [7, 11) is -8.00. The van der Waals surface area contributed by atoms with Gasteiger partial charge in [0.15, 0.2) is 36.9 Å². The maximum Gasteiger partial charge on any atom is 0.406 e. The average molecular weight is 977 g/mol. The molecular weight excluding hydrogens is 919 g/mol. The fraction of sp³-hybridized carbons (Fsp3) is 0.667. The summed E-state index contributed by atoms with van der Waals surface area (Å²) in [5, 5.41) is 14.7. The van der Waals surface area contributed by atoms with Gasteiger partial charge >= 0.3 is 16.4 Å². The zero-order valence-electron chi connectivity index (χ0n) is 38.5. The van der Waals surface area contributed by atoms with Gasteiger partial charge in [-0.1, -0.05) is 55.4 Å². The Balaban J connectivity index is 1.34. The van der Waals surface area contributed by atoms with Gasteiger partial charge < -0.3 is 24.6 Å². The number of rotatable bonds is 20. The Labute approximate surface area is 382 Å². The van der Waals surface area contributed by atoms with Crippen molar-refractivity contribution >= 4 is 64.7 Å². The normalized spacial score (nSPS) is 24.7. The number of imidazole rings is 2. The number of aromatic nitrogens is 8. The predicted octanol–water partition coefficient (Wildman–Crippen LogP) is 4.00. The van der Waals surface area contributed by atoms with Gasteiger partial charge in [0.1, 0.15) is 30.0 Å². The summed E-state index contributed by atoms with van der Waals surface area (Å²) in [5.74, 6) is -1.62. The summed E-state index contributed by atoms with van der Waals surface area (Å²) in [5.41, 5.74) is 5.72. The van der Waals surface area contributed by atoms with Crippen molar-refractivity contribution < 1.29 is 46.2 Å². The number of carbonyl (C=O) groups is 2. The molecule has 6 N–H and O–H groups in total. The van der Waals surface area contributed by atoms with E-state index in [2.05, 4.69) is 40.3 Å². The first-order valence-electron chi connectivity index (χ1n) is 21.5. The smallest absolute Gasteiger partial charge is 0.406 e. The molecule has 0 aliphatic carbocycles. The van der Waals surface area contributed by atoms with E-state index in [1.165, 1.54) is 17.2 Å². The van der Waals surface area contributed by atoms with Crippen LogP contribution in [0.2, 0.25) is 18.1 Å². The third-order valence-electron chi connectivity index (χ3n) is 12.1. The number of nitriles is 1. The maximum atomic E-state index is 15.1. The van der Waals surface area contributed by atoms with Crippen molar-refractivity contribution in [2.75, 3.05) is 25.1 Å². The molecule has 24 nitrogen and oxygen atoms in total. The first-order valence-corrected chi connectivity index (χ1v) is 26.7. The highest BCUT2D eigenvalue weighted by Crippen LogP contribution is 2.50. The first-order chi connectivity index (χ1) is 31.0. The van der Waals surface area contributed by atoms with Crippen LogP contribution in [0.1, 0.15) is 80.1 Å². The van der Waals surface area contributed by atoms with E-state index in [0.717, 1.165) is 0 Å². The molecule has 2 aliphatic rings. The summed E-state index contributed by atoms with van der Waals surface area (Å²) < 4.78 is 67.2. The molecule has 9 atom stereocenters. The van der Waals surface area contributed by atoms with Crippen LogP contribution in [0.15, 0.2) is 22.2 Å². The highest BCUT2D eigenvalue weighted by atomic mass is 31.2. The summed E-state index contributed by atoms with van der Waals surface area (Å²) >= 11 is 0. The van der Waals surface area contributed by atoms with Gasteiger partial charge in [0, 0.05) is 23.8 Å². The van der Waals surface area contributed by atoms with Crippen LogP contribution in [0.4, 0.5) is 5.95 Å². The number of nitrogens with zero attached hydrogens (tertiary/aromatic N) is 7. The second-order valence-corrected chi connectivity index (χ2v) is 25.4. The van der Waals surface area contributed by atoms with Gasteiger partial charge in [-0.25, -0.2) is 29.2 Å². The van der Waals surface area contributed by atoms with E-state index in [1.54, 1.807) is 32.3 Å². The third kappa shape index (κ3) is 11.0. The van der Waals surface area contributed by atoms with E-state index < -0.39 is 103 Å². The number of hydrogen-bond acceptors (Lipinski definition) is 18. The zero-order chi connectivity index (χ0) is 48.5. The van der Waals surface area contributed by atoms with E-state index in [-0.39, 0.29) is 76.9 Å². The topological polar surface area (TPSA) is 325 Å². The van der Waals surface area contributed by atoms with E-state index in [0.29, 0.717) is 0 Å². The molecule has 0 bridgehead atoms. The van der Waals surface area contributed by atoms with Gasteiger partial charge in [0.05, 0.1) is 63.5 Å². The SMILES string of the molecule is CC(C)C(=O)Cc1nc2c(ncn2[C@@H]2O[C@H](COP(=O)(N[C@H]3[C@@H](O[Si](C)(C)C(C)(C)C)[C@H](n4cnc5c(=O)[nH]c(NC(=O)C(C)C)nc54)O[C@@H]3COP=O)OCCC#N)[C@@H](N)[C@H]2C)c(=O)[nH]1. The van der Waals surface area contributed by atoms with Gasteiger partial charge in [0.2, 0.25) is 11.9 Å². The molecule has 1 unspecified atom stereocenters. The number of nitrogens with one attached hydrogen (secondary N) is 4. The fourth-order valence-corrected chi connectivity index (χ4v) is 10.2. The Morgan fingerprint density at radius 1 is 0.985 bits per heavy atom. The highest BCUT2D eigenvalue weighted by molar-refractivity contribution is 7.51. The van der Waals surface area contributed by atoms with Crippen LogP contribution in [-0.4, -0.2) is 109 Å². The number of hydrogen-bond donors (Lipinski definition) is 5. The number of H-pyrrole nitrogens is 2. The molecule has 0 aromatic carbocycles. The van der Waals surface area contributed by atoms with Gasteiger partial charge in [-0.3, -0.25) is 52.2 Å². The van der Waals surface area contributed by atoms with Crippen molar-refractivity contribution in [3.8, 4) is 6.07 Å². The molecule has 0 saturated carbocycles. The van der Waals surface area contributed by atoms with Crippen molar-refractivity contribution in [1.29, 1.82) is 5.26 Å². The zero-order valence-corrected chi connectivity index (χ0v) is 41.3. The Morgan fingerprint density at radius 2 is 1.61 bits per heavy atom. The summed E-state index contributed by atoms with van der Waals surface area (Å²) in [6.07, 6.45) is -2.58. The lowest BCUT2D eigenvalue weighted by molar-refractivity contribution is -0.121. The lowest BCUT2D eigenvalue weighted by Crippen LogP contribution is -2.52. The fourth-order valence-electron chi connectivity index (χ4n) is 7.12. The van der Waals surface area contributed by atoms with E-state index in [9.17, 15) is 29.0 Å². The number of amides is 1. The van der Waals surface area contributed by atoms with E-state index in [1.807, 2.05) is 46.9 Å². The molecule has 6 heterocycles. The van der Waals surface area contributed by atoms with Crippen molar-refractivity contribution in [3.63, 3.8) is 0 Å². The predicted molar refractivity (Wildman–Crippen MR) is 241 cm³/mol. The number of ether oxygens (including phenoxy) is 2. The monoisotopic (exact) mass is 976 g/mol. The Kier molecular flexibility index (Phi) is 15.8. The van der Waals surface area contributed by atoms with Crippen LogP contribution in [0.3, 0.4) is 0 Å². The molecule has 27 heteroatoms. The van der Waals surface area contributed by atoms with E-state index in [4.69, 9.17) is 33.2 Å². The number of fused-ring (bicyclic) bond motifs is 2. The maximum absolute atomic E-state index is 15.1. The largest absolute Gasteiger partial charge is 0.408 e. The van der Waals surface area contributed by atoms with Crippen LogP contribution < -0.4 is 27.3 Å². The van der Waals surface area contributed by atoms with Crippen LogP contribution in [-0.2, 0) is 52.6 Å². The Hall–Kier alpha value is -4.44. The highest BCUT2D eigenvalue weighted by Gasteiger charge is 2.54. The number of Topliss-reactive ketones (excluding diaryl/α,β-unsaturated/α-hetero) is 1. The molecule has 2 aliphatic heterocycles. The molecule has 4 aromatic rings. The molecule has 360 valence electrons. The Bertz CT molecular complexity index is 2640. The number of ketones is 1. The quantitative estimate of drug-likeness (QED) is 0.0475.